The number of rotatable bonds is 6. The molecule has 0 aliphatic carbocycles. The highest BCUT2D eigenvalue weighted by Crippen LogP contribution is 2.37. The fourth-order valence-electron chi connectivity index (χ4n) is 3.88. The van der Waals surface area contributed by atoms with Crippen LogP contribution in [0, 0.1) is 6.92 Å². The average molecular weight is 501 g/mol. The van der Waals surface area contributed by atoms with Crippen LogP contribution in [0.1, 0.15) is 11.1 Å². The van der Waals surface area contributed by atoms with Gasteiger partial charge in [0.05, 0.1) is 21.2 Å². The molecule has 0 aliphatic heterocycles. The number of aromatic nitrogens is 2. The summed E-state index contributed by atoms with van der Waals surface area (Å²) in [5.41, 5.74) is 11.8. The van der Waals surface area contributed by atoms with E-state index < -0.39 is 0 Å². The Hall–Kier alpha value is -3.80. The molecule has 0 unspecified atom stereocenters. The fourth-order valence-corrected chi connectivity index (χ4v) is 4.48. The van der Waals surface area contributed by atoms with Crippen LogP contribution in [0.5, 0.6) is 5.75 Å². The summed E-state index contributed by atoms with van der Waals surface area (Å²) in [5.74, 6) is 1.10. The molecule has 0 radical (unpaired) electrons. The average Bonchev–Trinajstić information content (AvgIpc) is 2.85. The molecule has 0 atom stereocenters. The first-order valence-electron chi connectivity index (χ1n) is 11.0. The quantitative estimate of drug-likeness (QED) is 0.232. The molecule has 0 saturated heterocycles. The Morgan fingerprint density at radius 1 is 0.886 bits per heavy atom. The Balaban J connectivity index is 1.56. The minimum absolute atomic E-state index is 0.365. The molecule has 7 heteroatoms. The van der Waals surface area contributed by atoms with E-state index in [1.165, 1.54) is 0 Å². The fraction of sp³-hybridized carbons (Fsp3) is 0.0714. The summed E-state index contributed by atoms with van der Waals surface area (Å²) in [5, 5.41) is 4.77. The summed E-state index contributed by atoms with van der Waals surface area (Å²) in [4.78, 5) is 9.17. The van der Waals surface area contributed by atoms with Gasteiger partial charge in [-0.15, -0.1) is 0 Å². The van der Waals surface area contributed by atoms with E-state index in [9.17, 15) is 0 Å². The smallest absolute Gasteiger partial charge is 0.227 e. The number of nitrogens with one attached hydrogen (secondary N) is 1. The van der Waals surface area contributed by atoms with Crippen molar-refractivity contribution in [3.05, 3.63) is 106 Å². The molecule has 0 fully saturated rings. The van der Waals surface area contributed by atoms with E-state index >= 15 is 0 Å². The van der Waals surface area contributed by atoms with E-state index in [1.54, 1.807) is 18.3 Å². The maximum atomic E-state index is 6.33. The maximum absolute atomic E-state index is 6.33. The van der Waals surface area contributed by atoms with Gasteiger partial charge in [0, 0.05) is 28.9 Å². The summed E-state index contributed by atoms with van der Waals surface area (Å²) in [7, 11) is 0. The van der Waals surface area contributed by atoms with Crippen LogP contribution < -0.4 is 15.8 Å². The van der Waals surface area contributed by atoms with Crippen molar-refractivity contribution in [2.24, 2.45) is 0 Å². The summed E-state index contributed by atoms with van der Waals surface area (Å²) < 4.78 is 6.31. The number of fused-ring (bicyclic) bond motifs is 1. The molecule has 35 heavy (non-hydrogen) atoms. The molecule has 0 spiro atoms. The van der Waals surface area contributed by atoms with Gasteiger partial charge in [-0.1, -0.05) is 77.8 Å². The van der Waals surface area contributed by atoms with Gasteiger partial charge in [0.1, 0.15) is 12.4 Å². The lowest BCUT2D eigenvalue weighted by Crippen LogP contribution is -2.01. The lowest BCUT2D eigenvalue weighted by molar-refractivity contribution is 0.308. The molecule has 1 heterocycles. The number of aryl methyl sites for hydroxylation is 1. The number of anilines is 3. The third-order valence-electron chi connectivity index (χ3n) is 5.65. The molecule has 0 aliphatic rings. The molecule has 5 aromatic rings. The lowest BCUT2D eigenvalue weighted by atomic mass is 9.98. The number of ether oxygens (including phenoxy) is 1. The zero-order valence-corrected chi connectivity index (χ0v) is 20.4. The van der Waals surface area contributed by atoms with Gasteiger partial charge in [-0.05, 0) is 41.8 Å². The zero-order chi connectivity index (χ0) is 24.4. The Morgan fingerprint density at radius 3 is 2.34 bits per heavy atom. The second-order valence-corrected chi connectivity index (χ2v) is 8.99. The van der Waals surface area contributed by atoms with Gasteiger partial charge in [0.15, 0.2) is 0 Å². The molecule has 3 N–H and O–H groups in total. The number of halogens is 2. The maximum Gasteiger partial charge on any atom is 0.227 e. The standard InChI is InChI=1S/C28H22Cl2N4O/c1-17-7-5-6-10-21(17)22-11-19-15-32-28(34-27-23(29)12-20(31)13-24(27)30)33-25(19)14-26(22)35-16-18-8-3-2-4-9-18/h2-15H,16,31H2,1H3,(H,32,33,34). The second kappa shape index (κ2) is 9.82. The highest BCUT2D eigenvalue weighted by atomic mass is 35.5. The third kappa shape index (κ3) is 5.02. The Kier molecular flexibility index (Phi) is 6.45. The van der Waals surface area contributed by atoms with Crippen molar-refractivity contribution in [1.29, 1.82) is 0 Å². The van der Waals surface area contributed by atoms with Crippen LogP contribution in [0.25, 0.3) is 22.0 Å². The van der Waals surface area contributed by atoms with Gasteiger partial charge in [-0.2, -0.15) is 0 Å². The van der Waals surface area contributed by atoms with Gasteiger partial charge in [0.25, 0.3) is 0 Å². The SMILES string of the molecule is Cc1ccccc1-c1cc2cnc(Nc3c(Cl)cc(N)cc3Cl)nc2cc1OCc1ccccc1. The number of benzene rings is 4. The van der Waals surface area contributed by atoms with E-state index in [-0.39, 0.29) is 0 Å². The molecule has 0 saturated carbocycles. The number of hydrogen-bond donors (Lipinski definition) is 2. The first-order chi connectivity index (χ1) is 17.0. The molecule has 0 amide bonds. The van der Waals surface area contributed by atoms with Crippen molar-refractivity contribution in [1.82, 2.24) is 9.97 Å². The number of nitrogens with two attached hydrogens (primary N) is 1. The minimum atomic E-state index is 0.365. The predicted molar refractivity (Wildman–Crippen MR) is 145 cm³/mol. The van der Waals surface area contributed by atoms with Gasteiger partial charge in [-0.25, -0.2) is 9.97 Å². The normalized spacial score (nSPS) is 10.9. The largest absolute Gasteiger partial charge is 0.488 e. The molecule has 1 aromatic heterocycles. The zero-order valence-electron chi connectivity index (χ0n) is 18.9. The first kappa shape index (κ1) is 23.0. The van der Waals surface area contributed by atoms with Crippen LogP contribution in [0.15, 0.2) is 85.1 Å². The van der Waals surface area contributed by atoms with E-state index in [1.807, 2.05) is 48.5 Å². The van der Waals surface area contributed by atoms with Crippen LogP contribution in [0.4, 0.5) is 17.3 Å². The number of nitrogens with zero attached hydrogens (tertiary/aromatic N) is 2. The van der Waals surface area contributed by atoms with E-state index in [4.69, 9.17) is 38.7 Å². The van der Waals surface area contributed by atoms with E-state index in [0.29, 0.717) is 34.0 Å². The summed E-state index contributed by atoms with van der Waals surface area (Å²) in [6.45, 7) is 2.53. The second-order valence-electron chi connectivity index (χ2n) is 8.17. The van der Waals surface area contributed by atoms with Crippen molar-refractivity contribution in [2.75, 3.05) is 11.1 Å². The van der Waals surface area contributed by atoms with Gasteiger partial charge in [-0.3, -0.25) is 0 Å². The van der Waals surface area contributed by atoms with Gasteiger partial charge in [0.2, 0.25) is 5.95 Å². The molecule has 5 rings (SSSR count). The van der Waals surface area contributed by atoms with Gasteiger partial charge < -0.3 is 15.8 Å². The van der Waals surface area contributed by atoms with Gasteiger partial charge >= 0.3 is 0 Å². The van der Waals surface area contributed by atoms with Crippen molar-refractivity contribution in [2.45, 2.75) is 13.5 Å². The van der Waals surface area contributed by atoms with Crippen LogP contribution in [-0.4, -0.2) is 9.97 Å². The van der Waals surface area contributed by atoms with Crippen LogP contribution in [-0.2, 0) is 6.61 Å². The molecular formula is C28H22Cl2N4O. The van der Waals surface area contributed by atoms with Crippen molar-refractivity contribution in [3.63, 3.8) is 0 Å². The lowest BCUT2D eigenvalue weighted by Gasteiger charge is -2.15. The summed E-state index contributed by atoms with van der Waals surface area (Å²) in [6, 6.07) is 25.6. The number of hydrogen-bond acceptors (Lipinski definition) is 5. The topological polar surface area (TPSA) is 73.1 Å². The highest BCUT2D eigenvalue weighted by Gasteiger charge is 2.14. The molecule has 4 aromatic carbocycles. The Bertz CT molecular complexity index is 1500. The van der Waals surface area contributed by atoms with Crippen LogP contribution in [0.2, 0.25) is 10.0 Å². The van der Waals surface area contributed by atoms with Crippen molar-refractivity contribution in [3.8, 4) is 16.9 Å². The summed E-state index contributed by atoms with van der Waals surface area (Å²) >= 11 is 12.7. The summed E-state index contributed by atoms with van der Waals surface area (Å²) in [6.07, 6.45) is 1.77. The third-order valence-corrected chi connectivity index (χ3v) is 6.25. The van der Waals surface area contributed by atoms with Crippen LogP contribution >= 0.6 is 23.2 Å². The predicted octanol–water partition coefficient (Wildman–Crippen LogP) is 7.82. The van der Waals surface area contributed by atoms with Crippen molar-refractivity contribution < 1.29 is 4.74 Å². The van der Waals surface area contributed by atoms with E-state index in [0.717, 1.165) is 38.9 Å². The Morgan fingerprint density at radius 2 is 1.60 bits per heavy atom. The molecule has 0 bridgehead atoms. The molecular weight excluding hydrogens is 479 g/mol. The Labute approximate surface area is 213 Å². The molecule has 5 nitrogen and oxygen atoms in total. The van der Waals surface area contributed by atoms with Crippen LogP contribution in [0.3, 0.4) is 0 Å². The minimum Gasteiger partial charge on any atom is -0.488 e. The monoisotopic (exact) mass is 500 g/mol. The van der Waals surface area contributed by atoms with Crippen molar-refractivity contribution >= 4 is 51.4 Å². The molecule has 174 valence electrons. The first-order valence-corrected chi connectivity index (χ1v) is 11.8. The number of nitrogen functional groups attached to an aromatic ring is 1. The highest BCUT2D eigenvalue weighted by molar-refractivity contribution is 6.39. The van der Waals surface area contributed by atoms with E-state index in [2.05, 4.69) is 35.4 Å².